The van der Waals surface area contributed by atoms with E-state index >= 15 is 0 Å². The van der Waals surface area contributed by atoms with Gasteiger partial charge in [-0.05, 0) is 45.6 Å². The summed E-state index contributed by atoms with van der Waals surface area (Å²) in [5, 5.41) is 0. The van der Waals surface area contributed by atoms with Crippen LogP contribution in [0, 0.1) is 0 Å². The van der Waals surface area contributed by atoms with Crippen molar-refractivity contribution in [3.8, 4) is 5.75 Å². The molecule has 0 saturated carbocycles. The largest absolute Gasteiger partial charge is 0.493 e. The standard InChI is InChI=1S/C13H18BrNO2/c1-10(16)12-6-5-11(14)9-13(12)17-8-4-7-15(2)3/h5-6,9H,4,7-8H2,1-3H3. The van der Waals surface area contributed by atoms with E-state index < -0.39 is 0 Å². The van der Waals surface area contributed by atoms with Crippen LogP contribution in [0.4, 0.5) is 0 Å². The van der Waals surface area contributed by atoms with Gasteiger partial charge >= 0.3 is 0 Å². The monoisotopic (exact) mass is 299 g/mol. The van der Waals surface area contributed by atoms with Crippen LogP contribution in [-0.4, -0.2) is 37.9 Å². The summed E-state index contributed by atoms with van der Waals surface area (Å²) in [5.41, 5.74) is 0.637. The van der Waals surface area contributed by atoms with Crippen LogP contribution in [0.1, 0.15) is 23.7 Å². The van der Waals surface area contributed by atoms with Gasteiger partial charge in [-0.3, -0.25) is 4.79 Å². The predicted octanol–water partition coefficient (Wildman–Crippen LogP) is 2.98. The van der Waals surface area contributed by atoms with Gasteiger partial charge in [-0.2, -0.15) is 0 Å². The van der Waals surface area contributed by atoms with Crippen molar-refractivity contribution in [2.24, 2.45) is 0 Å². The molecule has 3 nitrogen and oxygen atoms in total. The minimum atomic E-state index is 0.0279. The van der Waals surface area contributed by atoms with Crippen LogP contribution in [0.25, 0.3) is 0 Å². The van der Waals surface area contributed by atoms with Gasteiger partial charge in [0.25, 0.3) is 0 Å². The fourth-order valence-electron chi connectivity index (χ4n) is 1.47. The molecule has 0 amide bonds. The van der Waals surface area contributed by atoms with Crippen molar-refractivity contribution in [2.75, 3.05) is 27.2 Å². The van der Waals surface area contributed by atoms with E-state index in [4.69, 9.17) is 4.74 Å². The fourth-order valence-corrected chi connectivity index (χ4v) is 1.81. The minimum absolute atomic E-state index is 0.0279. The average molecular weight is 300 g/mol. The Labute approximate surface area is 111 Å². The third-order valence-corrected chi connectivity index (χ3v) is 2.82. The Bertz CT molecular complexity index is 391. The van der Waals surface area contributed by atoms with Crippen molar-refractivity contribution >= 4 is 21.7 Å². The van der Waals surface area contributed by atoms with E-state index in [0.29, 0.717) is 17.9 Å². The molecule has 0 aliphatic rings. The summed E-state index contributed by atoms with van der Waals surface area (Å²) in [6.45, 7) is 3.15. The summed E-state index contributed by atoms with van der Waals surface area (Å²) in [6.07, 6.45) is 0.941. The number of ketones is 1. The van der Waals surface area contributed by atoms with Crippen LogP contribution in [0.15, 0.2) is 22.7 Å². The molecule has 1 aromatic rings. The Morgan fingerprint density at radius 2 is 2.12 bits per heavy atom. The smallest absolute Gasteiger partial charge is 0.163 e. The predicted molar refractivity (Wildman–Crippen MR) is 72.8 cm³/mol. The number of benzene rings is 1. The van der Waals surface area contributed by atoms with Gasteiger partial charge in [-0.15, -0.1) is 0 Å². The maximum atomic E-state index is 11.4. The first-order valence-corrected chi connectivity index (χ1v) is 6.38. The highest BCUT2D eigenvalue weighted by Crippen LogP contribution is 2.24. The van der Waals surface area contributed by atoms with Crippen molar-refractivity contribution < 1.29 is 9.53 Å². The van der Waals surface area contributed by atoms with Crippen molar-refractivity contribution in [3.63, 3.8) is 0 Å². The second kappa shape index (κ2) is 6.77. The van der Waals surface area contributed by atoms with Gasteiger partial charge in [-0.1, -0.05) is 15.9 Å². The second-order valence-corrected chi connectivity index (χ2v) is 5.12. The molecule has 0 aliphatic carbocycles. The first-order chi connectivity index (χ1) is 8.00. The first kappa shape index (κ1) is 14.2. The zero-order valence-electron chi connectivity index (χ0n) is 10.5. The van der Waals surface area contributed by atoms with Gasteiger partial charge in [0, 0.05) is 11.0 Å². The normalized spacial score (nSPS) is 10.6. The number of hydrogen-bond donors (Lipinski definition) is 0. The van der Waals surface area contributed by atoms with Gasteiger partial charge in [-0.25, -0.2) is 0 Å². The van der Waals surface area contributed by atoms with Gasteiger partial charge < -0.3 is 9.64 Å². The fraction of sp³-hybridized carbons (Fsp3) is 0.462. The van der Waals surface area contributed by atoms with Gasteiger partial charge in [0.05, 0.1) is 12.2 Å². The molecule has 0 N–H and O–H groups in total. The summed E-state index contributed by atoms with van der Waals surface area (Å²) < 4.78 is 6.57. The Morgan fingerprint density at radius 3 is 2.71 bits per heavy atom. The molecular weight excluding hydrogens is 282 g/mol. The topological polar surface area (TPSA) is 29.5 Å². The third kappa shape index (κ3) is 4.88. The quantitative estimate of drug-likeness (QED) is 0.597. The van der Waals surface area contributed by atoms with Crippen LogP contribution in [-0.2, 0) is 0 Å². The summed E-state index contributed by atoms with van der Waals surface area (Å²) in [7, 11) is 4.06. The molecule has 0 aliphatic heterocycles. The highest BCUT2D eigenvalue weighted by molar-refractivity contribution is 9.10. The van der Waals surface area contributed by atoms with Crippen molar-refractivity contribution in [2.45, 2.75) is 13.3 Å². The molecule has 0 aromatic heterocycles. The molecular formula is C13H18BrNO2. The number of carbonyl (C=O) groups is 1. The molecule has 94 valence electrons. The van der Waals surface area contributed by atoms with E-state index in [-0.39, 0.29) is 5.78 Å². The Kier molecular flexibility index (Phi) is 5.65. The van der Waals surface area contributed by atoms with Crippen molar-refractivity contribution in [1.82, 2.24) is 4.90 Å². The second-order valence-electron chi connectivity index (χ2n) is 4.20. The molecule has 0 radical (unpaired) electrons. The molecule has 0 fully saturated rings. The molecule has 4 heteroatoms. The lowest BCUT2D eigenvalue weighted by molar-refractivity contribution is 0.101. The lowest BCUT2D eigenvalue weighted by Crippen LogP contribution is -2.16. The SMILES string of the molecule is CC(=O)c1ccc(Br)cc1OCCCN(C)C. The van der Waals surface area contributed by atoms with E-state index in [1.165, 1.54) is 0 Å². The molecule has 1 aromatic carbocycles. The summed E-state index contributed by atoms with van der Waals surface area (Å²) in [6, 6.07) is 5.48. The average Bonchev–Trinajstić information content (AvgIpc) is 2.23. The summed E-state index contributed by atoms with van der Waals surface area (Å²) in [5.74, 6) is 0.686. The van der Waals surface area contributed by atoms with E-state index in [1.54, 1.807) is 13.0 Å². The zero-order chi connectivity index (χ0) is 12.8. The lowest BCUT2D eigenvalue weighted by atomic mass is 10.1. The maximum Gasteiger partial charge on any atom is 0.163 e. The molecule has 1 rings (SSSR count). The molecule has 0 heterocycles. The lowest BCUT2D eigenvalue weighted by Gasteiger charge is -2.12. The van der Waals surface area contributed by atoms with E-state index in [2.05, 4.69) is 20.8 Å². The Hall–Kier alpha value is -0.870. The Balaban J connectivity index is 2.62. The summed E-state index contributed by atoms with van der Waals surface area (Å²) >= 11 is 3.38. The number of halogens is 1. The molecule has 0 spiro atoms. The maximum absolute atomic E-state index is 11.4. The summed E-state index contributed by atoms with van der Waals surface area (Å²) in [4.78, 5) is 13.5. The minimum Gasteiger partial charge on any atom is -0.493 e. The third-order valence-electron chi connectivity index (χ3n) is 2.33. The van der Waals surface area contributed by atoms with Crippen LogP contribution < -0.4 is 4.74 Å². The van der Waals surface area contributed by atoms with Crippen molar-refractivity contribution in [1.29, 1.82) is 0 Å². The number of ether oxygens (including phenoxy) is 1. The number of rotatable bonds is 6. The van der Waals surface area contributed by atoms with Gasteiger partial charge in [0.2, 0.25) is 0 Å². The highest BCUT2D eigenvalue weighted by Gasteiger charge is 2.08. The first-order valence-electron chi connectivity index (χ1n) is 5.58. The van der Waals surface area contributed by atoms with E-state index in [1.807, 2.05) is 26.2 Å². The number of hydrogen-bond acceptors (Lipinski definition) is 3. The van der Waals surface area contributed by atoms with Crippen molar-refractivity contribution in [3.05, 3.63) is 28.2 Å². The number of nitrogens with zero attached hydrogens (tertiary/aromatic N) is 1. The molecule has 0 bridgehead atoms. The highest BCUT2D eigenvalue weighted by atomic mass is 79.9. The van der Waals surface area contributed by atoms with E-state index in [9.17, 15) is 4.79 Å². The number of carbonyl (C=O) groups excluding carboxylic acids is 1. The number of Topliss-reactive ketones (excluding diaryl/α,β-unsaturated/α-hetero) is 1. The zero-order valence-corrected chi connectivity index (χ0v) is 12.1. The van der Waals surface area contributed by atoms with Crippen LogP contribution >= 0.6 is 15.9 Å². The Morgan fingerprint density at radius 1 is 1.41 bits per heavy atom. The molecule has 17 heavy (non-hydrogen) atoms. The van der Waals surface area contributed by atoms with Crippen LogP contribution in [0.3, 0.4) is 0 Å². The molecule has 0 atom stereocenters. The van der Waals surface area contributed by atoms with Gasteiger partial charge in [0.1, 0.15) is 5.75 Å². The van der Waals surface area contributed by atoms with Crippen LogP contribution in [0.5, 0.6) is 5.75 Å². The molecule has 0 saturated heterocycles. The molecule has 0 unspecified atom stereocenters. The van der Waals surface area contributed by atoms with E-state index in [0.717, 1.165) is 17.4 Å². The van der Waals surface area contributed by atoms with Crippen LogP contribution in [0.2, 0.25) is 0 Å². The van der Waals surface area contributed by atoms with Gasteiger partial charge in [0.15, 0.2) is 5.78 Å².